The van der Waals surface area contributed by atoms with Crippen LogP contribution in [-0.4, -0.2) is 48.9 Å². The van der Waals surface area contributed by atoms with Gasteiger partial charge in [0.05, 0.1) is 5.57 Å². The van der Waals surface area contributed by atoms with Crippen LogP contribution in [0, 0.1) is 0 Å². The Hall–Kier alpha value is -2.63. The van der Waals surface area contributed by atoms with Crippen LogP contribution in [0.2, 0.25) is 5.02 Å². The van der Waals surface area contributed by atoms with Gasteiger partial charge in [-0.1, -0.05) is 54.1 Å². The Bertz CT molecular complexity index is 939. The number of esters is 1. The maximum absolute atomic E-state index is 13.2. The lowest BCUT2D eigenvalue weighted by molar-refractivity contribution is -0.141. The third kappa shape index (κ3) is 5.96. The molecular weight excluding hydrogens is 412 g/mol. The Morgan fingerprint density at radius 3 is 2.45 bits per heavy atom. The standard InChI is InChI=1S/C25H29ClN2O3/c1-18-24(25(30)31-17-19-8-5-4-6-9-19)22(20-10-12-21(26)13-11-20)16-23(29)28(18)15-7-14-27(2)3/h4-6,8-13,22H,7,14-17H2,1-3H3. The monoisotopic (exact) mass is 440 g/mol. The second-order valence-electron chi connectivity index (χ2n) is 8.07. The molecule has 3 rings (SSSR count). The van der Waals surface area contributed by atoms with Crippen molar-refractivity contribution < 1.29 is 14.3 Å². The Labute approximate surface area is 189 Å². The number of halogens is 1. The molecule has 2 aromatic carbocycles. The number of nitrogens with zero attached hydrogens (tertiary/aromatic N) is 2. The lowest BCUT2D eigenvalue weighted by Crippen LogP contribution is -2.39. The maximum Gasteiger partial charge on any atom is 0.336 e. The molecule has 1 heterocycles. The summed E-state index contributed by atoms with van der Waals surface area (Å²) in [7, 11) is 4.01. The van der Waals surface area contributed by atoms with E-state index in [4.69, 9.17) is 16.3 Å². The van der Waals surface area contributed by atoms with Gasteiger partial charge >= 0.3 is 5.97 Å². The Balaban J connectivity index is 1.88. The van der Waals surface area contributed by atoms with Crippen LogP contribution in [0.15, 0.2) is 65.9 Å². The first kappa shape index (κ1) is 23.0. The van der Waals surface area contributed by atoms with Crippen molar-refractivity contribution in [3.63, 3.8) is 0 Å². The molecule has 0 N–H and O–H groups in total. The van der Waals surface area contributed by atoms with Crippen LogP contribution >= 0.6 is 11.6 Å². The Kier molecular flexibility index (Phi) is 7.88. The number of hydrogen-bond donors (Lipinski definition) is 0. The number of ether oxygens (including phenoxy) is 1. The molecule has 0 spiro atoms. The minimum absolute atomic E-state index is 0.0239. The Morgan fingerprint density at radius 1 is 1.13 bits per heavy atom. The van der Waals surface area contributed by atoms with Crippen LogP contribution in [0.4, 0.5) is 0 Å². The summed E-state index contributed by atoms with van der Waals surface area (Å²) in [6.07, 6.45) is 1.06. The van der Waals surface area contributed by atoms with Crippen LogP contribution < -0.4 is 0 Å². The highest BCUT2D eigenvalue weighted by atomic mass is 35.5. The fraction of sp³-hybridized carbons (Fsp3) is 0.360. The fourth-order valence-corrected chi connectivity index (χ4v) is 4.01. The van der Waals surface area contributed by atoms with Crippen molar-refractivity contribution in [3.05, 3.63) is 82.0 Å². The molecule has 164 valence electrons. The van der Waals surface area contributed by atoms with Gasteiger partial charge in [0.1, 0.15) is 6.61 Å². The predicted octanol–water partition coefficient (Wildman–Crippen LogP) is 4.63. The number of carbonyl (C=O) groups excluding carboxylic acids is 2. The van der Waals surface area contributed by atoms with Gasteiger partial charge in [-0.25, -0.2) is 4.79 Å². The van der Waals surface area contributed by atoms with Gasteiger partial charge in [-0.05, 0) is 57.2 Å². The van der Waals surface area contributed by atoms with Gasteiger partial charge in [-0.3, -0.25) is 4.79 Å². The second-order valence-corrected chi connectivity index (χ2v) is 8.51. The molecule has 1 amide bonds. The van der Waals surface area contributed by atoms with E-state index in [1.807, 2.05) is 63.5 Å². The summed E-state index contributed by atoms with van der Waals surface area (Å²) in [6, 6.07) is 16.9. The van der Waals surface area contributed by atoms with E-state index >= 15 is 0 Å². The third-order valence-corrected chi connectivity index (χ3v) is 5.77. The SMILES string of the molecule is CC1=C(C(=O)OCc2ccccc2)C(c2ccc(Cl)cc2)CC(=O)N1CCCN(C)C. The van der Waals surface area contributed by atoms with Crippen molar-refractivity contribution >= 4 is 23.5 Å². The molecule has 1 aliphatic heterocycles. The predicted molar refractivity (Wildman–Crippen MR) is 123 cm³/mol. The minimum atomic E-state index is -0.383. The molecule has 31 heavy (non-hydrogen) atoms. The first-order valence-electron chi connectivity index (χ1n) is 10.5. The zero-order chi connectivity index (χ0) is 22.4. The zero-order valence-corrected chi connectivity index (χ0v) is 19.1. The van der Waals surface area contributed by atoms with E-state index < -0.39 is 0 Å². The summed E-state index contributed by atoms with van der Waals surface area (Å²) in [5.41, 5.74) is 3.03. The molecule has 2 aromatic rings. The van der Waals surface area contributed by atoms with Crippen molar-refractivity contribution in [3.8, 4) is 0 Å². The molecule has 5 nitrogen and oxygen atoms in total. The van der Waals surface area contributed by atoms with E-state index in [1.54, 1.807) is 17.0 Å². The summed E-state index contributed by atoms with van der Waals surface area (Å²) in [5, 5.41) is 0.616. The van der Waals surface area contributed by atoms with Gasteiger partial charge in [0.25, 0.3) is 0 Å². The van der Waals surface area contributed by atoms with Crippen LogP contribution in [0.3, 0.4) is 0 Å². The normalized spacial score (nSPS) is 16.7. The largest absolute Gasteiger partial charge is 0.457 e. The Morgan fingerprint density at radius 2 is 1.81 bits per heavy atom. The van der Waals surface area contributed by atoms with Crippen LogP contribution in [0.1, 0.15) is 36.8 Å². The van der Waals surface area contributed by atoms with Crippen molar-refractivity contribution in [2.45, 2.75) is 32.3 Å². The molecule has 0 bridgehead atoms. The number of carbonyl (C=O) groups is 2. The molecule has 0 saturated heterocycles. The van der Waals surface area contributed by atoms with Gasteiger partial charge in [0.2, 0.25) is 5.91 Å². The van der Waals surface area contributed by atoms with Crippen molar-refractivity contribution in [1.29, 1.82) is 0 Å². The van der Waals surface area contributed by atoms with Crippen LogP contribution in [0.5, 0.6) is 0 Å². The molecule has 0 aliphatic carbocycles. The van der Waals surface area contributed by atoms with Crippen molar-refractivity contribution in [1.82, 2.24) is 9.80 Å². The molecule has 0 radical (unpaired) electrons. The zero-order valence-electron chi connectivity index (χ0n) is 18.3. The summed E-state index contributed by atoms with van der Waals surface area (Å²) < 4.78 is 5.67. The first-order chi connectivity index (χ1) is 14.9. The average Bonchev–Trinajstić information content (AvgIpc) is 2.75. The van der Waals surface area contributed by atoms with E-state index in [9.17, 15) is 9.59 Å². The fourth-order valence-electron chi connectivity index (χ4n) is 3.88. The number of hydrogen-bond acceptors (Lipinski definition) is 4. The maximum atomic E-state index is 13.2. The molecular formula is C25H29ClN2O3. The van der Waals surface area contributed by atoms with E-state index in [1.165, 1.54) is 0 Å². The molecule has 1 atom stereocenters. The second kappa shape index (κ2) is 10.6. The van der Waals surface area contributed by atoms with Gasteiger partial charge in [0, 0.05) is 29.6 Å². The van der Waals surface area contributed by atoms with Crippen LogP contribution in [0.25, 0.3) is 0 Å². The number of amides is 1. The number of allylic oxidation sites excluding steroid dienone is 1. The quantitative estimate of drug-likeness (QED) is 0.562. The van der Waals surface area contributed by atoms with Crippen molar-refractivity contribution in [2.24, 2.45) is 0 Å². The third-order valence-electron chi connectivity index (χ3n) is 5.52. The molecule has 0 saturated carbocycles. The summed E-state index contributed by atoms with van der Waals surface area (Å²) >= 11 is 6.05. The lowest BCUT2D eigenvalue weighted by Gasteiger charge is -2.34. The van der Waals surface area contributed by atoms with Gasteiger partial charge in [-0.15, -0.1) is 0 Å². The number of benzene rings is 2. The van der Waals surface area contributed by atoms with Gasteiger partial charge in [-0.2, -0.15) is 0 Å². The van der Waals surface area contributed by atoms with E-state index in [0.29, 0.717) is 22.8 Å². The van der Waals surface area contributed by atoms with Gasteiger partial charge in [0.15, 0.2) is 0 Å². The molecule has 1 unspecified atom stereocenters. The highest BCUT2D eigenvalue weighted by Gasteiger charge is 2.36. The molecule has 1 aliphatic rings. The van der Waals surface area contributed by atoms with Crippen molar-refractivity contribution in [2.75, 3.05) is 27.2 Å². The highest BCUT2D eigenvalue weighted by Crippen LogP contribution is 2.37. The van der Waals surface area contributed by atoms with E-state index in [0.717, 1.165) is 24.1 Å². The number of rotatable bonds is 8. The molecule has 6 heteroatoms. The smallest absolute Gasteiger partial charge is 0.336 e. The summed E-state index contributed by atoms with van der Waals surface area (Å²) in [4.78, 5) is 30.0. The topological polar surface area (TPSA) is 49.9 Å². The van der Waals surface area contributed by atoms with E-state index in [-0.39, 0.29) is 30.8 Å². The first-order valence-corrected chi connectivity index (χ1v) is 10.9. The molecule has 0 aromatic heterocycles. The van der Waals surface area contributed by atoms with E-state index in [2.05, 4.69) is 4.90 Å². The molecule has 0 fully saturated rings. The highest BCUT2D eigenvalue weighted by molar-refractivity contribution is 6.30. The van der Waals surface area contributed by atoms with Gasteiger partial charge < -0.3 is 14.5 Å². The van der Waals surface area contributed by atoms with Crippen LogP contribution in [-0.2, 0) is 20.9 Å². The lowest BCUT2D eigenvalue weighted by atomic mass is 9.83. The summed E-state index contributed by atoms with van der Waals surface area (Å²) in [6.45, 7) is 3.48. The summed E-state index contributed by atoms with van der Waals surface area (Å²) in [5.74, 6) is -0.708. The minimum Gasteiger partial charge on any atom is -0.457 e. The average molecular weight is 441 g/mol.